The lowest BCUT2D eigenvalue weighted by molar-refractivity contribution is 0.682. The summed E-state index contributed by atoms with van der Waals surface area (Å²) in [6.45, 7) is 0. The van der Waals surface area contributed by atoms with Gasteiger partial charge in [0.1, 0.15) is 5.56 Å². The Bertz CT molecular complexity index is 459. The van der Waals surface area contributed by atoms with E-state index >= 15 is 0 Å². The third kappa shape index (κ3) is 1.05. The number of nitrogens with zero attached hydrogens (tertiary/aromatic N) is 2. The SMILES string of the molecule is C#Cc1cn(C)c(=O)n(C)c1=O. The maximum Gasteiger partial charge on any atom is 0.330 e. The zero-order valence-electron chi connectivity index (χ0n) is 6.87. The van der Waals surface area contributed by atoms with Gasteiger partial charge in [0, 0.05) is 20.3 Å². The molecule has 0 saturated heterocycles. The van der Waals surface area contributed by atoms with Crippen molar-refractivity contribution in [3.05, 3.63) is 32.6 Å². The van der Waals surface area contributed by atoms with Gasteiger partial charge in [-0.25, -0.2) is 4.79 Å². The van der Waals surface area contributed by atoms with Gasteiger partial charge in [0.2, 0.25) is 0 Å². The van der Waals surface area contributed by atoms with Crippen LogP contribution in [0.3, 0.4) is 0 Å². The summed E-state index contributed by atoms with van der Waals surface area (Å²) in [6.07, 6.45) is 6.41. The molecule has 1 heterocycles. The molecule has 4 nitrogen and oxygen atoms in total. The van der Waals surface area contributed by atoms with Crippen molar-refractivity contribution in [2.24, 2.45) is 14.1 Å². The number of aromatic nitrogens is 2. The predicted octanol–water partition coefficient (Wildman–Crippen LogP) is -0.935. The molecule has 0 spiro atoms. The fourth-order valence-corrected chi connectivity index (χ4v) is 0.907. The van der Waals surface area contributed by atoms with E-state index in [-0.39, 0.29) is 11.3 Å². The Balaban J connectivity index is 3.77. The summed E-state index contributed by atoms with van der Waals surface area (Å²) in [7, 11) is 2.94. The van der Waals surface area contributed by atoms with E-state index in [4.69, 9.17) is 6.42 Å². The summed E-state index contributed by atoms with van der Waals surface area (Å²) < 4.78 is 2.26. The van der Waals surface area contributed by atoms with E-state index in [0.717, 1.165) is 4.57 Å². The molecule has 1 aromatic rings. The quantitative estimate of drug-likeness (QED) is 0.465. The number of rotatable bonds is 0. The fourth-order valence-electron chi connectivity index (χ4n) is 0.907. The van der Waals surface area contributed by atoms with Gasteiger partial charge >= 0.3 is 5.69 Å². The molecule has 0 aliphatic heterocycles. The Morgan fingerprint density at radius 1 is 1.42 bits per heavy atom. The first-order valence-corrected chi connectivity index (χ1v) is 3.31. The third-order valence-electron chi connectivity index (χ3n) is 1.60. The van der Waals surface area contributed by atoms with Gasteiger partial charge in [0.05, 0.1) is 0 Å². The zero-order chi connectivity index (χ0) is 9.30. The van der Waals surface area contributed by atoms with Gasteiger partial charge in [-0.05, 0) is 0 Å². The minimum absolute atomic E-state index is 0.194. The molecule has 0 atom stereocenters. The maximum atomic E-state index is 11.2. The highest BCUT2D eigenvalue weighted by atomic mass is 16.2. The highest BCUT2D eigenvalue weighted by Crippen LogP contribution is 1.81. The molecular weight excluding hydrogens is 156 g/mol. The van der Waals surface area contributed by atoms with Crippen LogP contribution in [-0.4, -0.2) is 9.13 Å². The van der Waals surface area contributed by atoms with Gasteiger partial charge in [0.25, 0.3) is 5.56 Å². The molecule has 0 N–H and O–H groups in total. The van der Waals surface area contributed by atoms with Crippen LogP contribution in [0.5, 0.6) is 0 Å². The molecule has 4 heteroatoms. The summed E-state index contributed by atoms with van der Waals surface area (Å²) in [5, 5.41) is 0. The Kier molecular flexibility index (Phi) is 1.88. The Labute approximate surface area is 69.1 Å². The summed E-state index contributed by atoms with van der Waals surface area (Å²) in [4.78, 5) is 22.3. The first-order valence-electron chi connectivity index (χ1n) is 3.31. The van der Waals surface area contributed by atoms with Crippen LogP contribution in [-0.2, 0) is 14.1 Å². The molecule has 0 saturated carbocycles. The van der Waals surface area contributed by atoms with Crippen LogP contribution in [0.4, 0.5) is 0 Å². The molecule has 0 aliphatic rings. The van der Waals surface area contributed by atoms with Crippen molar-refractivity contribution in [2.45, 2.75) is 0 Å². The second kappa shape index (κ2) is 2.70. The Morgan fingerprint density at radius 3 is 2.50 bits per heavy atom. The monoisotopic (exact) mass is 164 g/mol. The van der Waals surface area contributed by atoms with Crippen LogP contribution in [0.1, 0.15) is 5.56 Å². The number of hydrogen-bond donors (Lipinski definition) is 0. The lowest BCUT2D eigenvalue weighted by Gasteiger charge is -2.00. The molecule has 0 unspecified atom stereocenters. The van der Waals surface area contributed by atoms with Crippen molar-refractivity contribution in [3.63, 3.8) is 0 Å². The lowest BCUT2D eigenvalue weighted by Crippen LogP contribution is -2.37. The van der Waals surface area contributed by atoms with Crippen LogP contribution in [0, 0.1) is 12.3 Å². The maximum absolute atomic E-state index is 11.2. The van der Waals surface area contributed by atoms with Gasteiger partial charge in [-0.3, -0.25) is 9.36 Å². The van der Waals surface area contributed by atoms with Crippen molar-refractivity contribution in [3.8, 4) is 12.3 Å². The second-order valence-electron chi connectivity index (χ2n) is 2.44. The number of aryl methyl sites for hydroxylation is 1. The van der Waals surface area contributed by atoms with Crippen molar-refractivity contribution in [2.75, 3.05) is 0 Å². The van der Waals surface area contributed by atoms with Crippen molar-refractivity contribution in [1.29, 1.82) is 0 Å². The second-order valence-corrected chi connectivity index (χ2v) is 2.44. The lowest BCUT2D eigenvalue weighted by atomic mass is 10.3. The molecule has 62 valence electrons. The molecule has 0 fully saturated rings. The largest absolute Gasteiger partial charge is 0.330 e. The fraction of sp³-hybridized carbons (Fsp3) is 0.250. The highest BCUT2D eigenvalue weighted by Gasteiger charge is 2.02. The van der Waals surface area contributed by atoms with Gasteiger partial charge in [0.15, 0.2) is 0 Å². The van der Waals surface area contributed by atoms with Gasteiger partial charge in [-0.1, -0.05) is 5.92 Å². The topological polar surface area (TPSA) is 44.0 Å². The average Bonchev–Trinajstić information content (AvgIpc) is 2.08. The molecule has 12 heavy (non-hydrogen) atoms. The third-order valence-corrected chi connectivity index (χ3v) is 1.60. The van der Waals surface area contributed by atoms with Crippen molar-refractivity contribution < 1.29 is 0 Å². The molecule has 0 aliphatic carbocycles. The Morgan fingerprint density at radius 2 is 2.00 bits per heavy atom. The highest BCUT2D eigenvalue weighted by molar-refractivity contribution is 5.26. The molecule has 0 amide bonds. The minimum atomic E-state index is -0.430. The van der Waals surface area contributed by atoms with Crippen LogP contribution in [0.25, 0.3) is 0 Å². The van der Waals surface area contributed by atoms with Crippen LogP contribution in [0.2, 0.25) is 0 Å². The Hall–Kier alpha value is -1.76. The summed E-state index contributed by atoms with van der Waals surface area (Å²) in [5.74, 6) is 2.21. The zero-order valence-corrected chi connectivity index (χ0v) is 6.87. The van der Waals surface area contributed by atoms with Crippen molar-refractivity contribution >= 4 is 0 Å². The van der Waals surface area contributed by atoms with E-state index in [0.29, 0.717) is 0 Å². The minimum Gasteiger partial charge on any atom is -0.302 e. The molecule has 0 aromatic carbocycles. The van der Waals surface area contributed by atoms with Gasteiger partial charge < -0.3 is 4.57 Å². The normalized spacial score (nSPS) is 9.42. The smallest absolute Gasteiger partial charge is 0.302 e. The molecule has 1 rings (SSSR count). The van der Waals surface area contributed by atoms with Gasteiger partial charge in [-0.2, -0.15) is 0 Å². The molecule has 0 bridgehead atoms. The molecule has 0 radical (unpaired) electrons. The predicted molar refractivity (Wildman–Crippen MR) is 44.9 cm³/mol. The summed E-state index contributed by atoms with van der Waals surface area (Å²) in [6, 6.07) is 0. The first kappa shape index (κ1) is 8.34. The van der Waals surface area contributed by atoms with Crippen LogP contribution < -0.4 is 11.2 Å². The van der Waals surface area contributed by atoms with E-state index in [1.54, 1.807) is 7.05 Å². The number of terminal acetylenes is 1. The average molecular weight is 164 g/mol. The summed E-state index contributed by atoms with van der Waals surface area (Å²) >= 11 is 0. The van der Waals surface area contributed by atoms with E-state index < -0.39 is 5.56 Å². The molecular formula is C8H8N2O2. The molecule has 1 aromatic heterocycles. The number of hydrogen-bond acceptors (Lipinski definition) is 2. The van der Waals surface area contributed by atoms with E-state index in [2.05, 4.69) is 5.92 Å². The van der Waals surface area contributed by atoms with E-state index in [1.807, 2.05) is 0 Å². The van der Waals surface area contributed by atoms with Crippen LogP contribution in [0.15, 0.2) is 15.8 Å². The first-order chi connectivity index (χ1) is 5.57. The van der Waals surface area contributed by atoms with E-state index in [1.165, 1.54) is 17.8 Å². The van der Waals surface area contributed by atoms with Crippen LogP contribution >= 0.6 is 0 Å². The summed E-state index contributed by atoms with van der Waals surface area (Å²) in [5.41, 5.74) is -0.612. The standard InChI is InChI=1S/C8H8N2O2/c1-4-6-5-9(2)8(12)10(3)7(6)11/h1,5H,2-3H3. The van der Waals surface area contributed by atoms with E-state index in [9.17, 15) is 9.59 Å². The van der Waals surface area contributed by atoms with Crippen molar-refractivity contribution in [1.82, 2.24) is 9.13 Å². The van der Waals surface area contributed by atoms with Gasteiger partial charge in [-0.15, -0.1) is 6.42 Å².